The molecule has 2 atom stereocenters. The summed E-state index contributed by atoms with van der Waals surface area (Å²) in [7, 11) is 0. The molecule has 0 amide bonds. The number of benzene rings is 2. The predicted molar refractivity (Wildman–Crippen MR) is 86.2 cm³/mol. The second-order valence-corrected chi connectivity index (χ2v) is 5.85. The van der Waals surface area contributed by atoms with Gasteiger partial charge in [-0.3, -0.25) is 0 Å². The van der Waals surface area contributed by atoms with Crippen LogP contribution in [-0.4, -0.2) is 30.3 Å². The van der Waals surface area contributed by atoms with Crippen molar-refractivity contribution in [2.45, 2.75) is 25.2 Å². The Morgan fingerprint density at radius 1 is 1.08 bits per heavy atom. The average Bonchev–Trinajstić information content (AvgIpc) is 3.37. The summed E-state index contributed by atoms with van der Waals surface area (Å²) in [6.45, 7) is 2.19. The van der Waals surface area contributed by atoms with Crippen LogP contribution in [0, 0.1) is 0 Å². The Morgan fingerprint density at radius 2 is 1.67 bits per heavy atom. The summed E-state index contributed by atoms with van der Waals surface area (Å²) in [4.78, 5) is 24.6. The van der Waals surface area contributed by atoms with E-state index in [0.29, 0.717) is 12.2 Å². The number of hydrogen-bond acceptors (Lipinski definition) is 5. The van der Waals surface area contributed by atoms with Gasteiger partial charge in [0.05, 0.1) is 12.2 Å². The fourth-order valence-corrected chi connectivity index (χ4v) is 2.24. The molecular weight excluding hydrogens is 308 g/mol. The monoisotopic (exact) mass is 326 g/mol. The fraction of sp³-hybridized carbons (Fsp3) is 0.263. The van der Waals surface area contributed by atoms with E-state index in [9.17, 15) is 9.59 Å². The smallest absolute Gasteiger partial charge is 0.350 e. The first kappa shape index (κ1) is 16.2. The first-order chi connectivity index (χ1) is 11.6. The lowest BCUT2D eigenvalue weighted by molar-refractivity contribution is -0.158. The van der Waals surface area contributed by atoms with Crippen LogP contribution in [0.5, 0.6) is 0 Å². The minimum absolute atomic E-state index is 0.120. The van der Waals surface area contributed by atoms with E-state index in [2.05, 4.69) is 0 Å². The van der Waals surface area contributed by atoms with E-state index < -0.39 is 23.6 Å². The number of esters is 2. The molecule has 1 fully saturated rings. The molecule has 5 heteroatoms. The molecule has 0 radical (unpaired) electrons. The number of epoxide rings is 1. The lowest BCUT2D eigenvalue weighted by Gasteiger charge is -2.20. The molecule has 2 aromatic carbocycles. The minimum atomic E-state index is -1.09. The van der Waals surface area contributed by atoms with Gasteiger partial charge < -0.3 is 14.2 Å². The number of carbonyl (C=O) groups excluding carboxylic acids is 2. The van der Waals surface area contributed by atoms with Gasteiger partial charge in [-0.15, -0.1) is 0 Å². The number of ether oxygens (including phenoxy) is 3. The third kappa shape index (κ3) is 3.81. The van der Waals surface area contributed by atoms with Crippen LogP contribution < -0.4 is 0 Å². The van der Waals surface area contributed by atoms with Crippen LogP contribution in [0.1, 0.15) is 22.8 Å². The van der Waals surface area contributed by atoms with E-state index in [1.807, 2.05) is 30.3 Å². The van der Waals surface area contributed by atoms with Gasteiger partial charge in [0.2, 0.25) is 6.10 Å². The number of carbonyl (C=O) groups is 2. The van der Waals surface area contributed by atoms with E-state index in [4.69, 9.17) is 14.2 Å². The maximum atomic E-state index is 12.4. The molecule has 0 bridgehead atoms. The zero-order chi connectivity index (χ0) is 17.0. The van der Waals surface area contributed by atoms with Gasteiger partial charge in [0, 0.05) is 0 Å². The Kier molecular flexibility index (Phi) is 4.62. The Bertz CT molecular complexity index is 707. The molecule has 0 spiro atoms. The van der Waals surface area contributed by atoms with Crippen LogP contribution in [0.3, 0.4) is 0 Å². The van der Waals surface area contributed by atoms with E-state index in [-0.39, 0.29) is 6.61 Å². The summed E-state index contributed by atoms with van der Waals surface area (Å²) in [6, 6.07) is 17.8. The molecule has 1 heterocycles. The van der Waals surface area contributed by atoms with Crippen molar-refractivity contribution >= 4 is 11.9 Å². The molecule has 1 aliphatic rings. The lowest BCUT2D eigenvalue weighted by Crippen LogP contribution is -2.40. The molecule has 0 aliphatic carbocycles. The molecule has 0 aromatic heterocycles. The van der Waals surface area contributed by atoms with Crippen LogP contribution in [0.15, 0.2) is 60.7 Å². The molecule has 124 valence electrons. The largest absolute Gasteiger partial charge is 0.458 e. The Hall–Kier alpha value is -2.66. The minimum Gasteiger partial charge on any atom is -0.458 e. The van der Waals surface area contributed by atoms with Crippen LogP contribution in [0.25, 0.3) is 0 Å². The predicted octanol–water partition coefficient (Wildman–Crippen LogP) is 2.74. The summed E-state index contributed by atoms with van der Waals surface area (Å²) < 4.78 is 16.0. The van der Waals surface area contributed by atoms with Gasteiger partial charge in [0.1, 0.15) is 12.2 Å². The van der Waals surface area contributed by atoms with Crippen molar-refractivity contribution in [1.82, 2.24) is 0 Å². The number of rotatable bonds is 6. The Morgan fingerprint density at radius 3 is 2.25 bits per heavy atom. The SMILES string of the molecule is C[C@@]1([C@H](OC(=O)c2ccccc2)C(=O)OCc2ccccc2)CO1. The highest BCUT2D eigenvalue weighted by Gasteiger charge is 2.54. The summed E-state index contributed by atoms with van der Waals surface area (Å²) in [5, 5.41) is 0. The van der Waals surface area contributed by atoms with Crippen LogP contribution in [-0.2, 0) is 25.6 Å². The summed E-state index contributed by atoms with van der Waals surface area (Å²) in [5.74, 6) is -1.18. The molecule has 3 rings (SSSR count). The molecule has 0 saturated carbocycles. The van der Waals surface area contributed by atoms with Gasteiger partial charge in [-0.25, -0.2) is 9.59 Å². The van der Waals surface area contributed by atoms with Crippen LogP contribution in [0.4, 0.5) is 0 Å². The highest BCUT2D eigenvalue weighted by atomic mass is 16.7. The van der Waals surface area contributed by atoms with E-state index in [1.165, 1.54) is 0 Å². The van der Waals surface area contributed by atoms with E-state index in [1.54, 1.807) is 37.3 Å². The second-order valence-electron chi connectivity index (χ2n) is 5.85. The first-order valence-electron chi connectivity index (χ1n) is 7.69. The van der Waals surface area contributed by atoms with Crippen molar-refractivity contribution in [2.75, 3.05) is 6.61 Å². The summed E-state index contributed by atoms with van der Waals surface area (Å²) in [6.07, 6.45) is -1.09. The van der Waals surface area contributed by atoms with Gasteiger partial charge in [0.25, 0.3) is 0 Å². The summed E-state index contributed by atoms with van der Waals surface area (Å²) >= 11 is 0. The van der Waals surface area contributed by atoms with Gasteiger partial charge in [-0.1, -0.05) is 48.5 Å². The third-order valence-electron chi connectivity index (χ3n) is 3.83. The normalized spacial score (nSPS) is 20.0. The van der Waals surface area contributed by atoms with Gasteiger partial charge >= 0.3 is 11.9 Å². The van der Waals surface area contributed by atoms with Crippen molar-refractivity contribution < 1.29 is 23.8 Å². The maximum Gasteiger partial charge on any atom is 0.350 e. The summed E-state index contributed by atoms with van der Waals surface area (Å²) in [5.41, 5.74) is 0.418. The third-order valence-corrected chi connectivity index (χ3v) is 3.83. The standard InChI is InChI=1S/C19H18O5/c1-19(13-23-19)16(24-17(20)15-10-6-3-7-11-15)18(21)22-12-14-8-4-2-5-9-14/h2-11,16H,12-13H2,1H3/t16-,19+/m1/s1. The molecule has 2 aromatic rings. The van der Waals surface area contributed by atoms with Crippen LogP contribution >= 0.6 is 0 Å². The highest BCUT2D eigenvalue weighted by molar-refractivity contribution is 5.91. The molecule has 24 heavy (non-hydrogen) atoms. The molecule has 0 unspecified atom stereocenters. The van der Waals surface area contributed by atoms with Gasteiger partial charge in [0.15, 0.2) is 0 Å². The van der Waals surface area contributed by atoms with Crippen LogP contribution in [0.2, 0.25) is 0 Å². The first-order valence-corrected chi connectivity index (χ1v) is 7.69. The zero-order valence-corrected chi connectivity index (χ0v) is 13.3. The molecule has 0 N–H and O–H groups in total. The maximum absolute atomic E-state index is 12.4. The molecule has 1 saturated heterocycles. The Labute approximate surface area is 140 Å². The van der Waals surface area contributed by atoms with Crippen molar-refractivity contribution in [3.8, 4) is 0 Å². The lowest BCUT2D eigenvalue weighted by atomic mass is 10.1. The van der Waals surface area contributed by atoms with E-state index >= 15 is 0 Å². The van der Waals surface area contributed by atoms with Crippen molar-refractivity contribution in [2.24, 2.45) is 0 Å². The Balaban J connectivity index is 1.66. The molecule has 1 aliphatic heterocycles. The topological polar surface area (TPSA) is 65.1 Å². The second kappa shape index (κ2) is 6.84. The molecule has 5 nitrogen and oxygen atoms in total. The van der Waals surface area contributed by atoms with E-state index in [0.717, 1.165) is 5.56 Å². The number of hydrogen-bond donors (Lipinski definition) is 0. The van der Waals surface area contributed by atoms with Crippen molar-refractivity contribution in [1.29, 1.82) is 0 Å². The quantitative estimate of drug-likeness (QED) is 0.603. The van der Waals surface area contributed by atoms with Gasteiger partial charge in [-0.2, -0.15) is 0 Å². The van der Waals surface area contributed by atoms with Crippen molar-refractivity contribution in [3.63, 3.8) is 0 Å². The van der Waals surface area contributed by atoms with Gasteiger partial charge in [-0.05, 0) is 24.6 Å². The average molecular weight is 326 g/mol. The highest BCUT2D eigenvalue weighted by Crippen LogP contribution is 2.33. The molecular formula is C19H18O5. The zero-order valence-electron chi connectivity index (χ0n) is 13.3. The fourth-order valence-electron chi connectivity index (χ4n) is 2.24. The van der Waals surface area contributed by atoms with Crippen molar-refractivity contribution in [3.05, 3.63) is 71.8 Å².